The fraction of sp³-hybridized carbons (Fsp3) is 0.909. The molecule has 3 nitrogen and oxygen atoms in total. The molecule has 0 atom stereocenters. The van der Waals surface area contributed by atoms with Gasteiger partial charge in [-0.15, -0.1) is 0 Å². The van der Waals surface area contributed by atoms with Crippen molar-refractivity contribution in [3.63, 3.8) is 0 Å². The Labute approximate surface area is 96.4 Å². The van der Waals surface area contributed by atoms with Gasteiger partial charge in [-0.3, -0.25) is 4.79 Å². The number of hydrogen-bond acceptors (Lipinski definition) is 3. The lowest BCUT2D eigenvalue weighted by Crippen LogP contribution is -2.39. The molecular weight excluding hydrogens is 210 g/mol. The molecule has 0 unspecified atom stereocenters. The zero-order chi connectivity index (χ0) is 10.7. The second kappa shape index (κ2) is 4.74. The van der Waals surface area contributed by atoms with E-state index in [0.717, 1.165) is 44.6 Å². The molecule has 1 aliphatic heterocycles. The molecule has 1 saturated carbocycles. The molecule has 1 N–H and O–H groups in total. The topological polar surface area (TPSA) is 38.3 Å². The summed E-state index contributed by atoms with van der Waals surface area (Å²) in [6, 6.07) is 0.335. The van der Waals surface area contributed by atoms with Gasteiger partial charge in [0.2, 0.25) is 5.91 Å². The minimum atomic E-state index is 0.202. The van der Waals surface area contributed by atoms with E-state index in [1.807, 2.05) is 0 Å². The summed E-state index contributed by atoms with van der Waals surface area (Å²) in [6.07, 6.45) is 4.91. The van der Waals surface area contributed by atoms with Gasteiger partial charge in [-0.2, -0.15) is 12.6 Å². The minimum absolute atomic E-state index is 0.202. The van der Waals surface area contributed by atoms with Crippen molar-refractivity contribution in [1.82, 2.24) is 5.32 Å². The maximum Gasteiger partial charge on any atom is 0.220 e. The third-order valence-corrected chi connectivity index (χ3v) is 4.09. The summed E-state index contributed by atoms with van der Waals surface area (Å²) < 4.78 is 5.25. The van der Waals surface area contributed by atoms with Crippen molar-refractivity contribution in [2.75, 3.05) is 19.0 Å². The molecule has 1 saturated heterocycles. The first-order chi connectivity index (χ1) is 7.24. The van der Waals surface area contributed by atoms with Crippen LogP contribution in [-0.4, -0.2) is 30.9 Å². The summed E-state index contributed by atoms with van der Waals surface area (Å²) in [5.41, 5.74) is 0.234. The molecule has 2 rings (SSSR count). The SMILES string of the molecule is O=C(CC1(CS)CC1)NC1CCOCC1. The highest BCUT2D eigenvalue weighted by Crippen LogP contribution is 2.49. The average molecular weight is 229 g/mol. The third kappa shape index (κ3) is 3.11. The molecule has 0 radical (unpaired) electrons. The maximum absolute atomic E-state index is 11.7. The van der Waals surface area contributed by atoms with E-state index in [0.29, 0.717) is 12.5 Å². The Morgan fingerprint density at radius 3 is 2.60 bits per heavy atom. The summed E-state index contributed by atoms with van der Waals surface area (Å²) >= 11 is 4.30. The highest BCUT2D eigenvalue weighted by atomic mass is 32.1. The Balaban J connectivity index is 1.72. The van der Waals surface area contributed by atoms with Crippen LogP contribution >= 0.6 is 12.6 Å². The lowest BCUT2D eigenvalue weighted by molar-refractivity contribution is -0.123. The van der Waals surface area contributed by atoms with E-state index in [1.165, 1.54) is 0 Å². The third-order valence-electron chi connectivity index (χ3n) is 3.41. The first-order valence-electron chi connectivity index (χ1n) is 5.72. The van der Waals surface area contributed by atoms with Crippen LogP contribution in [0.25, 0.3) is 0 Å². The first-order valence-corrected chi connectivity index (χ1v) is 6.35. The molecule has 0 spiro atoms. The van der Waals surface area contributed by atoms with Gasteiger partial charge in [0, 0.05) is 25.7 Å². The normalized spacial score (nSPS) is 24.9. The number of amides is 1. The zero-order valence-electron chi connectivity index (χ0n) is 9.00. The summed E-state index contributed by atoms with van der Waals surface area (Å²) in [6.45, 7) is 1.56. The number of thiol groups is 1. The van der Waals surface area contributed by atoms with Gasteiger partial charge in [0.25, 0.3) is 0 Å². The monoisotopic (exact) mass is 229 g/mol. The van der Waals surface area contributed by atoms with Crippen LogP contribution in [0.2, 0.25) is 0 Å². The quantitative estimate of drug-likeness (QED) is 0.715. The largest absolute Gasteiger partial charge is 0.381 e. The Kier molecular flexibility index (Phi) is 3.57. The van der Waals surface area contributed by atoms with Crippen LogP contribution in [0, 0.1) is 5.41 Å². The lowest BCUT2D eigenvalue weighted by atomic mass is 10.0. The first kappa shape index (κ1) is 11.3. The molecule has 0 aromatic carbocycles. The molecule has 1 amide bonds. The Bertz CT molecular complexity index is 235. The van der Waals surface area contributed by atoms with Gasteiger partial charge in [-0.25, -0.2) is 0 Å². The molecule has 2 aliphatic rings. The fourth-order valence-corrected chi connectivity index (χ4v) is 2.46. The van der Waals surface area contributed by atoms with Crippen molar-refractivity contribution in [3.05, 3.63) is 0 Å². The van der Waals surface area contributed by atoms with Gasteiger partial charge in [0.1, 0.15) is 0 Å². The maximum atomic E-state index is 11.7. The molecule has 0 aromatic rings. The van der Waals surface area contributed by atoms with Crippen LogP contribution in [0.4, 0.5) is 0 Å². The van der Waals surface area contributed by atoms with Crippen molar-refractivity contribution >= 4 is 18.5 Å². The number of ether oxygens (including phenoxy) is 1. The van der Waals surface area contributed by atoms with Crippen LogP contribution in [-0.2, 0) is 9.53 Å². The van der Waals surface area contributed by atoms with Gasteiger partial charge < -0.3 is 10.1 Å². The number of carbonyl (C=O) groups is 1. The smallest absolute Gasteiger partial charge is 0.220 e. The second-order valence-corrected chi connectivity index (χ2v) is 5.11. The molecular formula is C11H19NO2S. The van der Waals surface area contributed by atoms with Gasteiger partial charge in [-0.1, -0.05) is 0 Å². The van der Waals surface area contributed by atoms with Crippen LogP contribution < -0.4 is 5.32 Å². The van der Waals surface area contributed by atoms with E-state index in [2.05, 4.69) is 17.9 Å². The van der Waals surface area contributed by atoms with E-state index in [-0.39, 0.29) is 11.3 Å². The number of carbonyl (C=O) groups excluding carboxylic acids is 1. The van der Waals surface area contributed by atoms with Crippen molar-refractivity contribution in [1.29, 1.82) is 0 Å². The second-order valence-electron chi connectivity index (χ2n) is 4.79. The Morgan fingerprint density at radius 1 is 1.40 bits per heavy atom. The summed E-state index contributed by atoms with van der Waals surface area (Å²) in [4.78, 5) is 11.7. The van der Waals surface area contributed by atoms with Gasteiger partial charge in [0.05, 0.1) is 0 Å². The predicted molar refractivity (Wildman–Crippen MR) is 62.1 cm³/mol. The van der Waals surface area contributed by atoms with Crippen LogP contribution in [0.15, 0.2) is 0 Å². The van der Waals surface area contributed by atoms with Crippen LogP contribution in [0.1, 0.15) is 32.1 Å². The van der Waals surface area contributed by atoms with Crippen molar-refractivity contribution in [2.24, 2.45) is 5.41 Å². The number of rotatable bonds is 4. The van der Waals surface area contributed by atoms with E-state index in [9.17, 15) is 4.79 Å². The molecule has 4 heteroatoms. The molecule has 1 aliphatic carbocycles. The number of hydrogen-bond donors (Lipinski definition) is 2. The highest BCUT2D eigenvalue weighted by Gasteiger charge is 2.43. The lowest BCUT2D eigenvalue weighted by Gasteiger charge is -2.24. The van der Waals surface area contributed by atoms with Gasteiger partial charge >= 0.3 is 0 Å². The minimum Gasteiger partial charge on any atom is -0.381 e. The van der Waals surface area contributed by atoms with Gasteiger partial charge in [-0.05, 0) is 36.9 Å². The predicted octanol–water partition coefficient (Wildman–Crippen LogP) is 1.38. The van der Waals surface area contributed by atoms with E-state index in [4.69, 9.17) is 4.74 Å². The standard InChI is InChI=1S/C11H19NO2S/c13-10(7-11(8-15)3-4-11)12-9-1-5-14-6-2-9/h9,15H,1-8H2,(H,12,13). The summed E-state index contributed by atoms with van der Waals surface area (Å²) in [5, 5.41) is 3.10. The molecule has 1 heterocycles. The average Bonchev–Trinajstić information content (AvgIpc) is 3.00. The Hall–Kier alpha value is -0.220. The molecule has 86 valence electrons. The van der Waals surface area contributed by atoms with E-state index < -0.39 is 0 Å². The molecule has 15 heavy (non-hydrogen) atoms. The summed E-state index contributed by atoms with van der Waals surface area (Å²) in [7, 11) is 0. The van der Waals surface area contributed by atoms with Crippen molar-refractivity contribution in [3.8, 4) is 0 Å². The highest BCUT2D eigenvalue weighted by molar-refractivity contribution is 7.80. The van der Waals surface area contributed by atoms with Gasteiger partial charge in [0.15, 0.2) is 0 Å². The molecule has 0 aromatic heterocycles. The fourth-order valence-electron chi connectivity index (χ4n) is 2.03. The summed E-state index contributed by atoms with van der Waals surface area (Å²) in [5.74, 6) is 1.04. The van der Waals surface area contributed by atoms with Crippen LogP contribution in [0.5, 0.6) is 0 Å². The van der Waals surface area contributed by atoms with Crippen LogP contribution in [0.3, 0.4) is 0 Å². The zero-order valence-corrected chi connectivity index (χ0v) is 9.89. The van der Waals surface area contributed by atoms with Crippen molar-refractivity contribution < 1.29 is 9.53 Å². The van der Waals surface area contributed by atoms with E-state index in [1.54, 1.807) is 0 Å². The Morgan fingerprint density at radius 2 is 2.07 bits per heavy atom. The van der Waals surface area contributed by atoms with Crippen molar-refractivity contribution in [2.45, 2.75) is 38.1 Å². The van der Waals surface area contributed by atoms with E-state index >= 15 is 0 Å². The molecule has 2 fully saturated rings. The number of nitrogens with one attached hydrogen (secondary N) is 1. The molecule has 0 bridgehead atoms.